The lowest BCUT2D eigenvalue weighted by Crippen LogP contribution is -2.28. The monoisotopic (exact) mass is 365 g/mol. The van der Waals surface area contributed by atoms with Gasteiger partial charge in [0.05, 0.1) is 6.61 Å². The van der Waals surface area contributed by atoms with Crippen LogP contribution in [-0.2, 0) is 20.7 Å². The van der Waals surface area contributed by atoms with Crippen LogP contribution in [0.25, 0.3) is 0 Å². The molecule has 148 valence electrons. The Kier molecular flexibility index (Phi) is 10.3. The van der Waals surface area contributed by atoms with Crippen LogP contribution in [0.3, 0.4) is 0 Å². The first kappa shape index (κ1) is 22.5. The number of piperidine rings is 1. The van der Waals surface area contributed by atoms with Crippen LogP contribution in [0.4, 0.5) is 0 Å². The molecule has 0 radical (unpaired) electrons. The zero-order valence-electron chi connectivity index (χ0n) is 17.0. The van der Waals surface area contributed by atoms with E-state index in [1.807, 2.05) is 20.8 Å². The number of rotatable bonds is 7. The quantitative estimate of drug-likeness (QED) is 0.592. The molecule has 1 saturated heterocycles. The van der Waals surface area contributed by atoms with Crippen molar-refractivity contribution in [3.8, 4) is 5.75 Å². The normalized spacial score (nSPS) is 15.0. The first-order valence-corrected chi connectivity index (χ1v) is 9.39. The second-order valence-corrected chi connectivity index (χ2v) is 7.67. The molecule has 0 spiro atoms. The standard InChI is InChI=1S/C16H25NO2.C5H10O2/c1-13-3-4-15(11-14-5-7-17-8-6-14)12-16(13)19-10-9-18-2;1-5(2,3)7-4-6/h3-4,12,14,17H,5-11H2,1-2H3;4H,1-3H3. The average Bonchev–Trinajstić information content (AvgIpc) is 2.58. The molecule has 0 amide bonds. The Balaban J connectivity index is 0.000000412. The topological polar surface area (TPSA) is 56.8 Å². The van der Waals surface area contributed by atoms with Gasteiger partial charge >= 0.3 is 0 Å². The van der Waals surface area contributed by atoms with Gasteiger partial charge in [0, 0.05) is 7.11 Å². The Bertz CT molecular complexity index is 519. The largest absolute Gasteiger partial charge is 0.491 e. The van der Waals surface area contributed by atoms with E-state index in [0.717, 1.165) is 24.8 Å². The molecule has 0 bridgehead atoms. The molecule has 1 aliphatic heterocycles. The van der Waals surface area contributed by atoms with Gasteiger partial charge in [-0.15, -0.1) is 0 Å². The third-order valence-electron chi connectivity index (χ3n) is 4.18. The van der Waals surface area contributed by atoms with E-state index >= 15 is 0 Å². The van der Waals surface area contributed by atoms with Gasteiger partial charge in [-0.3, -0.25) is 4.79 Å². The van der Waals surface area contributed by atoms with Crippen LogP contribution in [-0.4, -0.2) is 45.5 Å². The second-order valence-electron chi connectivity index (χ2n) is 7.67. The number of carbonyl (C=O) groups excluding carboxylic acids is 1. The Morgan fingerprint density at radius 2 is 1.88 bits per heavy atom. The zero-order valence-corrected chi connectivity index (χ0v) is 17.0. The summed E-state index contributed by atoms with van der Waals surface area (Å²) in [5.41, 5.74) is 2.27. The summed E-state index contributed by atoms with van der Waals surface area (Å²) >= 11 is 0. The second kappa shape index (κ2) is 11.9. The van der Waals surface area contributed by atoms with Crippen LogP contribution in [0.1, 0.15) is 44.7 Å². The van der Waals surface area contributed by atoms with Crippen LogP contribution in [0.2, 0.25) is 0 Å². The Morgan fingerprint density at radius 3 is 2.42 bits per heavy atom. The first-order chi connectivity index (χ1) is 12.4. The van der Waals surface area contributed by atoms with E-state index in [1.54, 1.807) is 7.11 Å². The minimum Gasteiger partial charge on any atom is -0.491 e. The van der Waals surface area contributed by atoms with Crippen LogP contribution >= 0.6 is 0 Å². The molecule has 1 aliphatic rings. The van der Waals surface area contributed by atoms with Gasteiger partial charge in [0.2, 0.25) is 0 Å². The first-order valence-electron chi connectivity index (χ1n) is 9.39. The summed E-state index contributed by atoms with van der Waals surface area (Å²) in [6.07, 6.45) is 3.74. The number of carbonyl (C=O) groups is 1. The maximum Gasteiger partial charge on any atom is 0.293 e. The maximum atomic E-state index is 9.60. The summed E-state index contributed by atoms with van der Waals surface area (Å²) in [7, 11) is 1.70. The molecule has 0 atom stereocenters. The summed E-state index contributed by atoms with van der Waals surface area (Å²) < 4.78 is 15.3. The number of benzene rings is 1. The van der Waals surface area contributed by atoms with E-state index in [4.69, 9.17) is 9.47 Å². The van der Waals surface area contributed by atoms with Crippen molar-refractivity contribution in [2.45, 2.75) is 52.6 Å². The van der Waals surface area contributed by atoms with Crippen LogP contribution in [0, 0.1) is 12.8 Å². The van der Waals surface area contributed by atoms with Gasteiger partial charge in [-0.25, -0.2) is 0 Å². The summed E-state index contributed by atoms with van der Waals surface area (Å²) in [5, 5.41) is 3.42. The molecular weight excluding hydrogens is 330 g/mol. The predicted octanol–water partition coefficient (Wildman–Crippen LogP) is 3.52. The third-order valence-corrected chi connectivity index (χ3v) is 4.18. The van der Waals surface area contributed by atoms with Gasteiger partial charge in [-0.2, -0.15) is 0 Å². The van der Waals surface area contributed by atoms with Crippen molar-refractivity contribution >= 4 is 6.47 Å². The molecule has 2 rings (SSSR count). The van der Waals surface area contributed by atoms with Crippen molar-refractivity contribution in [3.63, 3.8) is 0 Å². The molecule has 1 heterocycles. The van der Waals surface area contributed by atoms with Crippen LogP contribution in [0.15, 0.2) is 18.2 Å². The van der Waals surface area contributed by atoms with E-state index < -0.39 is 0 Å². The van der Waals surface area contributed by atoms with E-state index in [-0.39, 0.29) is 5.60 Å². The van der Waals surface area contributed by atoms with Gasteiger partial charge < -0.3 is 19.5 Å². The smallest absolute Gasteiger partial charge is 0.293 e. The molecule has 0 aromatic heterocycles. The van der Waals surface area contributed by atoms with Crippen molar-refractivity contribution in [1.29, 1.82) is 0 Å². The van der Waals surface area contributed by atoms with Crippen molar-refractivity contribution < 1.29 is 19.0 Å². The van der Waals surface area contributed by atoms with Crippen LogP contribution < -0.4 is 10.1 Å². The SMILES string of the molecule is CC(C)(C)OC=O.COCCOc1cc(CC2CCNCC2)ccc1C. The molecule has 0 aliphatic carbocycles. The molecule has 1 aromatic carbocycles. The lowest BCUT2D eigenvalue weighted by molar-refractivity contribution is -0.138. The van der Waals surface area contributed by atoms with Gasteiger partial charge in [0.15, 0.2) is 0 Å². The summed E-state index contributed by atoms with van der Waals surface area (Å²) in [6.45, 7) is 11.6. The Hall–Kier alpha value is -1.59. The predicted molar refractivity (Wildman–Crippen MR) is 105 cm³/mol. The number of hydrogen-bond donors (Lipinski definition) is 1. The molecule has 1 N–H and O–H groups in total. The fourth-order valence-corrected chi connectivity index (χ4v) is 2.73. The van der Waals surface area contributed by atoms with E-state index in [0.29, 0.717) is 19.7 Å². The fourth-order valence-electron chi connectivity index (χ4n) is 2.73. The molecule has 0 unspecified atom stereocenters. The summed E-state index contributed by atoms with van der Waals surface area (Å²) in [4.78, 5) is 9.60. The molecule has 5 nitrogen and oxygen atoms in total. The van der Waals surface area contributed by atoms with Crippen molar-refractivity contribution in [3.05, 3.63) is 29.3 Å². The van der Waals surface area contributed by atoms with Crippen molar-refractivity contribution in [1.82, 2.24) is 5.32 Å². The summed E-state index contributed by atoms with van der Waals surface area (Å²) in [5.74, 6) is 1.82. The van der Waals surface area contributed by atoms with Crippen molar-refractivity contribution in [2.75, 3.05) is 33.4 Å². The molecule has 5 heteroatoms. The van der Waals surface area contributed by atoms with Crippen LogP contribution in [0.5, 0.6) is 5.75 Å². The third kappa shape index (κ3) is 9.78. The van der Waals surface area contributed by atoms with Gasteiger partial charge in [-0.1, -0.05) is 12.1 Å². The van der Waals surface area contributed by atoms with Crippen molar-refractivity contribution in [2.24, 2.45) is 5.92 Å². The number of methoxy groups -OCH3 is 1. The molecular formula is C21H35NO4. The molecule has 0 saturated carbocycles. The highest BCUT2D eigenvalue weighted by Gasteiger charge is 2.14. The number of nitrogens with one attached hydrogen (secondary N) is 1. The van der Waals surface area contributed by atoms with E-state index in [2.05, 4.69) is 35.2 Å². The average molecular weight is 366 g/mol. The van der Waals surface area contributed by atoms with E-state index in [9.17, 15) is 4.79 Å². The molecule has 1 aromatic rings. The fraction of sp³-hybridized carbons (Fsp3) is 0.667. The Morgan fingerprint density at radius 1 is 1.19 bits per heavy atom. The molecule has 26 heavy (non-hydrogen) atoms. The zero-order chi connectivity index (χ0) is 19.4. The minimum atomic E-state index is -0.318. The van der Waals surface area contributed by atoms with E-state index in [1.165, 1.54) is 30.4 Å². The lowest BCUT2D eigenvalue weighted by Gasteiger charge is -2.23. The number of hydrogen-bond acceptors (Lipinski definition) is 5. The van der Waals surface area contributed by atoms with Gasteiger partial charge in [-0.05, 0) is 83.2 Å². The maximum absolute atomic E-state index is 9.60. The highest BCUT2D eigenvalue weighted by atomic mass is 16.5. The minimum absolute atomic E-state index is 0.318. The highest BCUT2D eigenvalue weighted by molar-refractivity contribution is 5.38. The Labute approximate surface area is 158 Å². The highest BCUT2D eigenvalue weighted by Crippen LogP contribution is 2.24. The molecule has 1 fully saturated rings. The van der Waals surface area contributed by atoms with Gasteiger partial charge in [0.1, 0.15) is 18.0 Å². The lowest BCUT2D eigenvalue weighted by atomic mass is 9.90. The number of aryl methyl sites for hydroxylation is 1. The summed E-state index contributed by atoms with van der Waals surface area (Å²) in [6, 6.07) is 6.60. The van der Waals surface area contributed by atoms with Gasteiger partial charge in [0.25, 0.3) is 6.47 Å². The number of ether oxygens (including phenoxy) is 3.